The number of hydrogen-bond donors (Lipinski definition) is 0. The molecule has 3 aromatic rings. The Kier molecular flexibility index (Phi) is 8.38. The highest BCUT2D eigenvalue weighted by atomic mass is 35.5. The van der Waals surface area contributed by atoms with E-state index in [0.717, 1.165) is 32.0 Å². The number of ether oxygens (including phenoxy) is 1. The van der Waals surface area contributed by atoms with Gasteiger partial charge in [-0.25, -0.2) is 0 Å². The fraction of sp³-hybridized carbons (Fsp3) is 0.250. The highest BCUT2D eigenvalue weighted by Gasteiger charge is 2.03. The first-order valence-corrected chi connectivity index (χ1v) is 9.41. The Morgan fingerprint density at radius 1 is 0.667 bits per heavy atom. The van der Waals surface area contributed by atoms with Crippen molar-refractivity contribution < 1.29 is 4.74 Å². The lowest BCUT2D eigenvalue weighted by Gasteiger charge is -2.18. The lowest BCUT2D eigenvalue weighted by Crippen LogP contribution is -2.27. The van der Waals surface area contributed by atoms with Crippen molar-refractivity contribution in [2.24, 2.45) is 0 Å². The molecule has 3 rings (SSSR count). The van der Waals surface area contributed by atoms with Crippen LogP contribution in [0.2, 0.25) is 0 Å². The molecule has 0 fully saturated rings. The quantitative estimate of drug-likeness (QED) is 0.463. The second kappa shape index (κ2) is 10.8. The molecular weight excluding hydrogens is 354 g/mol. The molecule has 0 atom stereocenters. The minimum Gasteiger partial charge on any atom is -0.492 e. The number of benzene rings is 3. The third kappa shape index (κ3) is 5.85. The number of rotatable bonds is 8. The van der Waals surface area contributed by atoms with Gasteiger partial charge in [0.25, 0.3) is 0 Å². The summed E-state index contributed by atoms with van der Waals surface area (Å²) in [5.74, 6) is 0.931. The van der Waals surface area contributed by atoms with E-state index in [-0.39, 0.29) is 12.4 Å². The van der Waals surface area contributed by atoms with E-state index < -0.39 is 0 Å². The van der Waals surface area contributed by atoms with E-state index in [4.69, 9.17) is 4.74 Å². The van der Waals surface area contributed by atoms with Gasteiger partial charge in [0.15, 0.2) is 0 Å². The molecular formula is C24H28ClNO. The van der Waals surface area contributed by atoms with Crippen LogP contribution in [-0.4, -0.2) is 31.1 Å². The van der Waals surface area contributed by atoms with Crippen LogP contribution < -0.4 is 4.74 Å². The van der Waals surface area contributed by atoms with Gasteiger partial charge in [-0.3, -0.25) is 0 Å². The van der Waals surface area contributed by atoms with Crippen molar-refractivity contribution in [2.75, 3.05) is 26.2 Å². The molecule has 0 aliphatic heterocycles. The molecule has 3 aromatic carbocycles. The highest BCUT2D eigenvalue weighted by Crippen LogP contribution is 2.27. The zero-order chi connectivity index (χ0) is 18.2. The zero-order valence-corrected chi connectivity index (χ0v) is 16.9. The molecule has 0 unspecified atom stereocenters. The molecule has 0 bridgehead atoms. The summed E-state index contributed by atoms with van der Waals surface area (Å²) in [5, 5.41) is 0. The molecule has 2 nitrogen and oxygen atoms in total. The van der Waals surface area contributed by atoms with Crippen molar-refractivity contribution in [3.05, 3.63) is 78.9 Å². The zero-order valence-electron chi connectivity index (χ0n) is 16.1. The summed E-state index contributed by atoms with van der Waals surface area (Å²) in [6, 6.07) is 27.6. The molecule has 0 spiro atoms. The topological polar surface area (TPSA) is 12.5 Å². The van der Waals surface area contributed by atoms with Crippen LogP contribution in [0.25, 0.3) is 22.3 Å². The SMILES string of the molecule is CCN(CC)CCOc1ccc(-c2cccc(-c3ccccc3)c2)cc1.Cl. The largest absolute Gasteiger partial charge is 0.492 e. The Labute approximate surface area is 169 Å². The minimum atomic E-state index is 0. The van der Waals surface area contributed by atoms with E-state index in [1.807, 2.05) is 6.07 Å². The average molecular weight is 382 g/mol. The summed E-state index contributed by atoms with van der Waals surface area (Å²) in [5.41, 5.74) is 4.91. The van der Waals surface area contributed by atoms with Crippen molar-refractivity contribution in [3.63, 3.8) is 0 Å². The van der Waals surface area contributed by atoms with Crippen LogP contribution in [0.15, 0.2) is 78.9 Å². The second-order valence-electron chi connectivity index (χ2n) is 6.35. The first kappa shape index (κ1) is 21.0. The summed E-state index contributed by atoms with van der Waals surface area (Å²) < 4.78 is 5.88. The molecule has 0 saturated heterocycles. The smallest absolute Gasteiger partial charge is 0.119 e. The Morgan fingerprint density at radius 2 is 1.22 bits per heavy atom. The van der Waals surface area contributed by atoms with Crippen LogP contribution in [0.5, 0.6) is 5.75 Å². The Balaban J connectivity index is 0.00000261. The van der Waals surface area contributed by atoms with E-state index >= 15 is 0 Å². The van der Waals surface area contributed by atoms with Crippen molar-refractivity contribution in [3.8, 4) is 28.0 Å². The summed E-state index contributed by atoms with van der Waals surface area (Å²) in [6.45, 7) is 8.19. The summed E-state index contributed by atoms with van der Waals surface area (Å²) >= 11 is 0. The first-order chi connectivity index (χ1) is 12.8. The number of hydrogen-bond acceptors (Lipinski definition) is 2. The van der Waals surface area contributed by atoms with E-state index in [2.05, 4.69) is 91.5 Å². The average Bonchev–Trinajstić information content (AvgIpc) is 2.72. The predicted octanol–water partition coefficient (Wildman–Crippen LogP) is 6.16. The van der Waals surface area contributed by atoms with Crippen molar-refractivity contribution in [1.82, 2.24) is 4.90 Å². The van der Waals surface area contributed by atoms with E-state index in [9.17, 15) is 0 Å². The highest BCUT2D eigenvalue weighted by molar-refractivity contribution is 5.85. The van der Waals surface area contributed by atoms with Gasteiger partial charge in [-0.05, 0) is 53.5 Å². The number of halogens is 1. The van der Waals surface area contributed by atoms with Gasteiger partial charge in [0.05, 0.1) is 0 Å². The lowest BCUT2D eigenvalue weighted by molar-refractivity contribution is 0.223. The summed E-state index contributed by atoms with van der Waals surface area (Å²) in [6.07, 6.45) is 0. The third-order valence-electron chi connectivity index (χ3n) is 4.73. The molecule has 0 aliphatic carbocycles. The molecule has 0 amide bonds. The molecule has 142 valence electrons. The van der Waals surface area contributed by atoms with Gasteiger partial charge >= 0.3 is 0 Å². The standard InChI is InChI=1S/C24H27NO.ClH/c1-3-25(4-2)17-18-26-24-15-13-21(14-16-24)23-12-8-11-22(19-23)20-9-6-5-7-10-20;/h5-16,19H,3-4,17-18H2,1-2H3;1H. The number of likely N-dealkylation sites (N-methyl/N-ethyl adjacent to an activating group) is 1. The van der Waals surface area contributed by atoms with Crippen LogP contribution in [0.4, 0.5) is 0 Å². The first-order valence-electron chi connectivity index (χ1n) is 9.41. The maximum absolute atomic E-state index is 5.88. The molecule has 0 aromatic heterocycles. The van der Waals surface area contributed by atoms with Crippen LogP contribution in [0, 0.1) is 0 Å². The Bertz CT molecular complexity index is 798. The monoisotopic (exact) mass is 381 g/mol. The Hall–Kier alpha value is -2.29. The molecule has 27 heavy (non-hydrogen) atoms. The van der Waals surface area contributed by atoms with E-state index in [1.54, 1.807) is 0 Å². The van der Waals surface area contributed by atoms with Crippen molar-refractivity contribution in [2.45, 2.75) is 13.8 Å². The van der Waals surface area contributed by atoms with Crippen LogP contribution >= 0.6 is 12.4 Å². The fourth-order valence-electron chi connectivity index (χ4n) is 3.08. The van der Waals surface area contributed by atoms with Gasteiger partial charge in [0.2, 0.25) is 0 Å². The van der Waals surface area contributed by atoms with Gasteiger partial charge in [0.1, 0.15) is 12.4 Å². The summed E-state index contributed by atoms with van der Waals surface area (Å²) in [4.78, 5) is 2.36. The fourth-order valence-corrected chi connectivity index (χ4v) is 3.08. The lowest BCUT2D eigenvalue weighted by atomic mass is 9.99. The molecule has 0 saturated carbocycles. The maximum atomic E-state index is 5.88. The molecule has 0 heterocycles. The Morgan fingerprint density at radius 3 is 1.81 bits per heavy atom. The predicted molar refractivity (Wildman–Crippen MR) is 118 cm³/mol. The second-order valence-corrected chi connectivity index (χ2v) is 6.35. The van der Waals surface area contributed by atoms with Gasteiger partial charge < -0.3 is 9.64 Å². The third-order valence-corrected chi connectivity index (χ3v) is 4.73. The maximum Gasteiger partial charge on any atom is 0.119 e. The normalized spacial score (nSPS) is 10.5. The van der Waals surface area contributed by atoms with Crippen molar-refractivity contribution in [1.29, 1.82) is 0 Å². The van der Waals surface area contributed by atoms with Crippen molar-refractivity contribution >= 4 is 12.4 Å². The summed E-state index contributed by atoms with van der Waals surface area (Å²) in [7, 11) is 0. The minimum absolute atomic E-state index is 0. The van der Waals surface area contributed by atoms with Gasteiger partial charge in [-0.2, -0.15) is 0 Å². The van der Waals surface area contributed by atoms with Gasteiger partial charge in [-0.1, -0.05) is 74.5 Å². The molecule has 3 heteroatoms. The molecule has 0 aliphatic rings. The van der Waals surface area contributed by atoms with Crippen LogP contribution in [0.3, 0.4) is 0 Å². The molecule has 0 N–H and O–H groups in total. The van der Waals surface area contributed by atoms with Crippen LogP contribution in [-0.2, 0) is 0 Å². The van der Waals surface area contributed by atoms with Crippen LogP contribution in [0.1, 0.15) is 13.8 Å². The molecule has 0 radical (unpaired) electrons. The van der Waals surface area contributed by atoms with E-state index in [1.165, 1.54) is 22.3 Å². The van der Waals surface area contributed by atoms with Gasteiger partial charge in [0, 0.05) is 6.54 Å². The number of nitrogens with zero attached hydrogens (tertiary/aromatic N) is 1. The van der Waals surface area contributed by atoms with Gasteiger partial charge in [-0.15, -0.1) is 12.4 Å². The van der Waals surface area contributed by atoms with E-state index in [0.29, 0.717) is 0 Å².